The van der Waals surface area contributed by atoms with Gasteiger partial charge in [-0.2, -0.15) is 0 Å². The molecule has 0 atom stereocenters. The molecule has 2 aromatic carbocycles. The summed E-state index contributed by atoms with van der Waals surface area (Å²) < 4.78 is 15.9. The largest absolute Gasteiger partial charge is 0.481 e. The maximum absolute atomic E-state index is 12.0. The Labute approximate surface area is 155 Å². The van der Waals surface area contributed by atoms with Gasteiger partial charge >= 0.3 is 11.6 Å². The van der Waals surface area contributed by atoms with Crippen LogP contribution in [0.3, 0.4) is 0 Å². The smallest absolute Gasteiger partial charge is 0.344 e. The van der Waals surface area contributed by atoms with Gasteiger partial charge in [0.15, 0.2) is 12.9 Å². The molecular weight excluding hydrogens is 348 g/mol. The average Bonchev–Trinajstić information content (AvgIpc) is 2.67. The number of benzene rings is 2. The molecule has 27 heavy (non-hydrogen) atoms. The summed E-state index contributed by atoms with van der Waals surface area (Å²) in [7, 11) is 0. The monoisotopic (exact) mass is 366 g/mol. The SMILES string of the molecule is Cc1ccc2c(COC(=O)COc3ccccc3C=O)cc(=O)oc2c1C. The molecule has 6 nitrogen and oxygen atoms in total. The van der Waals surface area contributed by atoms with Crippen LogP contribution in [0.25, 0.3) is 11.0 Å². The van der Waals surface area contributed by atoms with Gasteiger partial charge in [0.1, 0.15) is 17.9 Å². The fourth-order valence-electron chi connectivity index (χ4n) is 2.69. The molecule has 1 aromatic heterocycles. The highest BCUT2D eigenvalue weighted by Crippen LogP contribution is 2.23. The third-order valence-corrected chi connectivity index (χ3v) is 4.30. The molecule has 0 radical (unpaired) electrons. The number of fused-ring (bicyclic) bond motifs is 1. The van der Waals surface area contributed by atoms with E-state index in [0.717, 1.165) is 16.5 Å². The quantitative estimate of drug-likeness (QED) is 0.378. The molecule has 0 aliphatic heterocycles. The number of carbonyl (C=O) groups is 2. The number of para-hydroxylation sites is 1. The molecule has 0 spiro atoms. The van der Waals surface area contributed by atoms with E-state index in [2.05, 4.69) is 0 Å². The van der Waals surface area contributed by atoms with E-state index in [-0.39, 0.29) is 13.2 Å². The van der Waals surface area contributed by atoms with E-state index in [1.807, 2.05) is 26.0 Å². The Balaban J connectivity index is 1.71. The van der Waals surface area contributed by atoms with Crippen molar-refractivity contribution in [3.8, 4) is 5.75 Å². The average molecular weight is 366 g/mol. The lowest BCUT2D eigenvalue weighted by molar-refractivity contribution is -0.147. The molecule has 6 heteroatoms. The Bertz CT molecular complexity index is 1060. The summed E-state index contributed by atoms with van der Waals surface area (Å²) in [5, 5.41) is 0.720. The summed E-state index contributed by atoms with van der Waals surface area (Å²) in [6.07, 6.45) is 0.653. The normalized spacial score (nSPS) is 10.6. The summed E-state index contributed by atoms with van der Waals surface area (Å²) in [5.74, 6) is -0.303. The number of rotatable bonds is 6. The van der Waals surface area contributed by atoms with Crippen LogP contribution < -0.4 is 10.4 Å². The third-order valence-electron chi connectivity index (χ3n) is 4.30. The van der Waals surface area contributed by atoms with Crippen LogP contribution in [0.2, 0.25) is 0 Å². The third kappa shape index (κ3) is 4.06. The molecule has 0 bridgehead atoms. The predicted molar refractivity (Wildman–Crippen MR) is 99.1 cm³/mol. The minimum Gasteiger partial charge on any atom is -0.481 e. The van der Waals surface area contributed by atoms with Crippen LogP contribution in [-0.4, -0.2) is 18.9 Å². The van der Waals surface area contributed by atoms with E-state index in [0.29, 0.717) is 28.7 Å². The van der Waals surface area contributed by atoms with Crippen molar-refractivity contribution >= 4 is 23.2 Å². The molecule has 0 fully saturated rings. The number of aryl methyl sites for hydroxylation is 2. The fraction of sp³-hybridized carbons (Fsp3) is 0.190. The molecule has 0 aliphatic carbocycles. The van der Waals surface area contributed by atoms with Crippen LogP contribution in [0.15, 0.2) is 51.7 Å². The summed E-state index contributed by atoms with van der Waals surface area (Å²) in [5.41, 5.74) is 2.77. The van der Waals surface area contributed by atoms with Crippen molar-refractivity contribution < 1.29 is 23.5 Å². The minimum atomic E-state index is -0.610. The van der Waals surface area contributed by atoms with Crippen molar-refractivity contribution in [1.82, 2.24) is 0 Å². The van der Waals surface area contributed by atoms with Crippen LogP contribution in [0.1, 0.15) is 27.0 Å². The van der Waals surface area contributed by atoms with Crippen LogP contribution in [0.4, 0.5) is 0 Å². The van der Waals surface area contributed by atoms with Crippen LogP contribution in [-0.2, 0) is 16.1 Å². The lowest BCUT2D eigenvalue weighted by Crippen LogP contribution is -2.16. The zero-order valence-electron chi connectivity index (χ0n) is 15.0. The van der Waals surface area contributed by atoms with E-state index in [4.69, 9.17) is 13.9 Å². The molecule has 0 unspecified atom stereocenters. The molecule has 1 heterocycles. The zero-order valence-corrected chi connectivity index (χ0v) is 15.0. The van der Waals surface area contributed by atoms with Gasteiger partial charge in [0, 0.05) is 17.0 Å². The molecule has 0 N–H and O–H groups in total. The molecule has 0 amide bonds. The van der Waals surface area contributed by atoms with E-state index in [9.17, 15) is 14.4 Å². The van der Waals surface area contributed by atoms with Crippen LogP contribution >= 0.6 is 0 Å². The van der Waals surface area contributed by atoms with E-state index >= 15 is 0 Å². The Morgan fingerprint density at radius 3 is 2.70 bits per heavy atom. The first-order chi connectivity index (χ1) is 13.0. The first-order valence-corrected chi connectivity index (χ1v) is 8.35. The zero-order chi connectivity index (χ0) is 19.4. The topological polar surface area (TPSA) is 82.8 Å². The maximum Gasteiger partial charge on any atom is 0.344 e. The van der Waals surface area contributed by atoms with Crippen LogP contribution in [0.5, 0.6) is 5.75 Å². The lowest BCUT2D eigenvalue weighted by Gasteiger charge is -2.11. The Kier molecular flexibility index (Phi) is 5.35. The van der Waals surface area contributed by atoms with Gasteiger partial charge in [0.05, 0.1) is 5.56 Å². The molecule has 0 saturated heterocycles. The van der Waals surface area contributed by atoms with E-state index < -0.39 is 11.6 Å². The van der Waals surface area contributed by atoms with Crippen molar-refractivity contribution in [1.29, 1.82) is 0 Å². The summed E-state index contributed by atoms with van der Waals surface area (Å²) in [6.45, 7) is 3.37. The van der Waals surface area contributed by atoms with Crippen molar-refractivity contribution in [3.63, 3.8) is 0 Å². The second-order valence-electron chi connectivity index (χ2n) is 6.08. The van der Waals surface area contributed by atoms with Gasteiger partial charge in [-0.05, 0) is 37.1 Å². The van der Waals surface area contributed by atoms with Crippen molar-refractivity contribution in [2.75, 3.05) is 6.61 Å². The van der Waals surface area contributed by atoms with Crippen molar-refractivity contribution in [3.05, 3.63) is 75.1 Å². The van der Waals surface area contributed by atoms with Gasteiger partial charge < -0.3 is 13.9 Å². The fourth-order valence-corrected chi connectivity index (χ4v) is 2.69. The van der Waals surface area contributed by atoms with Gasteiger partial charge in [-0.1, -0.05) is 24.3 Å². The summed E-state index contributed by atoms with van der Waals surface area (Å²) >= 11 is 0. The Morgan fingerprint density at radius 1 is 1.15 bits per heavy atom. The summed E-state index contributed by atoms with van der Waals surface area (Å²) in [4.78, 5) is 34.8. The number of hydrogen-bond donors (Lipinski definition) is 0. The molecule has 138 valence electrons. The second-order valence-corrected chi connectivity index (χ2v) is 6.08. The van der Waals surface area contributed by atoms with E-state index in [1.165, 1.54) is 6.07 Å². The van der Waals surface area contributed by atoms with Crippen molar-refractivity contribution in [2.24, 2.45) is 0 Å². The number of aldehydes is 1. The molecule has 0 saturated carbocycles. The minimum absolute atomic E-state index is 0.0812. The standard InChI is InChI=1S/C21H18O6/c1-13-7-8-17-16(9-19(23)27-21(17)14(13)2)11-26-20(24)12-25-18-6-4-3-5-15(18)10-22/h3-10H,11-12H2,1-2H3. The number of hydrogen-bond acceptors (Lipinski definition) is 6. The lowest BCUT2D eigenvalue weighted by atomic mass is 10.0. The molecule has 3 aromatic rings. The maximum atomic E-state index is 12.0. The molecular formula is C21H18O6. The van der Waals surface area contributed by atoms with Gasteiger partial charge in [-0.15, -0.1) is 0 Å². The second kappa shape index (κ2) is 7.86. The first-order valence-electron chi connectivity index (χ1n) is 8.35. The highest BCUT2D eigenvalue weighted by molar-refractivity contribution is 5.84. The highest BCUT2D eigenvalue weighted by atomic mass is 16.6. The number of carbonyl (C=O) groups excluding carboxylic acids is 2. The van der Waals surface area contributed by atoms with Gasteiger partial charge in [0.25, 0.3) is 0 Å². The molecule has 3 rings (SSSR count). The van der Waals surface area contributed by atoms with Gasteiger partial charge in [-0.25, -0.2) is 9.59 Å². The van der Waals surface area contributed by atoms with Crippen molar-refractivity contribution in [2.45, 2.75) is 20.5 Å². The summed E-state index contributed by atoms with van der Waals surface area (Å²) in [6, 6.07) is 11.7. The number of ether oxygens (including phenoxy) is 2. The predicted octanol–water partition coefficient (Wildman–Crippen LogP) is 3.34. The highest BCUT2D eigenvalue weighted by Gasteiger charge is 2.12. The molecule has 0 aliphatic rings. The number of esters is 1. The van der Waals surface area contributed by atoms with E-state index in [1.54, 1.807) is 24.3 Å². The van der Waals surface area contributed by atoms with Crippen LogP contribution in [0, 0.1) is 13.8 Å². The van der Waals surface area contributed by atoms with Gasteiger partial charge in [-0.3, -0.25) is 4.79 Å². The Morgan fingerprint density at radius 2 is 1.93 bits per heavy atom. The first kappa shape index (κ1) is 18.4. The van der Waals surface area contributed by atoms with Gasteiger partial charge in [0.2, 0.25) is 0 Å². The Hall–Kier alpha value is -3.41.